The molecular weight excluding hydrogens is 252 g/mol. The van der Waals surface area contributed by atoms with Gasteiger partial charge < -0.3 is 5.32 Å². The molecule has 0 spiro atoms. The predicted molar refractivity (Wildman–Crippen MR) is 65.4 cm³/mol. The number of rotatable bonds is 4. The zero-order chi connectivity index (χ0) is 11.3. The van der Waals surface area contributed by atoms with Crippen LogP contribution in [0.3, 0.4) is 0 Å². The molecule has 0 aliphatic heterocycles. The van der Waals surface area contributed by atoms with E-state index in [1.54, 1.807) is 0 Å². The summed E-state index contributed by atoms with van der Waals surface area (Å²) in [5.41, 5.74) is 1.22. The van der Waals surface area contributed by atoms with E-state index in [1.165, 1.54) is 5.56 Å². The van der Waals surface area contributed by atoms with Crippen molar-refractivity contribution >= 4 is 15.9 Å². The topological polar surface area (TPSA) is 35.8 Å². The van der Waals surface area contributed by atoms with Gasteiger partial charge in [-0.25, -0.2) is 0 Å². The van der Waals surface area contributed by atoms with Crippen LogP contribution in [0.5, 0.6) is 0 Å². The summed E-state index contributed by atoms with van der Waals surface area (Å²) < 4.78 is 1.11. The molecular formula is C12H15BrN2. The van der Waals surface area contributed by atoms with Crippen molar-refractivity contribution in [3.05, 3.63) is 34.3 Å². The van der Waals surface area contributed by atoms with Crippen molar-refractivity contribution in [2.75, 3.05) is 0 Å². The van der Waals surface area contributed by atoms with E-state index in [9.17, 15) is 0 Å². The van der Waals surface area contributed by atoms with Crippen LogP contribution in [0, 0.1) is 11.3 Å². The first-order chi connectivity index (χ1) is 7.15. The molecule has 2 nitrogen and oxygen atoms in total. The van der Waals surface area contributed by atoms with E-state index in [4.69, 9.17) is 5.26 Å². The van der Waals surface area contributed by atoms with E-state index in [0.717, 1.165) is 4.47 Å². The third kappa shape index (κ3) is 3.65. The minimum Gasteiger partial charge on any atom is -0.307 e. The third-order valence-electron chi connectivity index (χ3n) is 2.30. The van der Waals surface area contributed by atoms with E-state index in [2.05, 4.69) is 40.3 Å². The van der Waals surface area contributed by atoms with Crippen molar-refractivity contribution in [1.29, 1.82) is 5.26 Å². The molecule has 0 aliphatic rings. The Bertz CT molecular complexity index is 357. The van der Waals surface area contributed by atoms with Gasteiger partial charge in [-0.3, -0.25) is 0 Å². The Hall–Kier alpha value is -0.850. The Labute approximate surface area is 99.4 Å². The van der Waals surface area contributed by atoms with Gasteiger partial charge >= 0.3 is 0 Å². The lowest BCUT2D eigenvalue weighted by molar-refractivity contribution is 0.484. The quantitative estimate of drug-likeness (QED) is 0.907. The molecule has 2 atom stereocenters. The number of hydrogen-bond acceptors (Lipinski definition) is 2. The largest absolute Gasteiger partial charge is 0.307 e. The maximum absolute atomic E-state index is 8.58. The summed E-state index contributed by atoms with van der Waals surface area (Å²) >= 11 is 3.52. The molecule has 15 heavy (non-hydrogen) atoms. The number of nitriles is 1. The maximum atomic E-state index is 8.58. The summed E-state index contributed by atoms with van der Waals surface area (Å²) in [4.78, 5) is 0. The molecule has 0 aliphatic carbocycles. The first kappa shape index (κ1) is 12.2. The summed E-state index contributed by atoms with van der Waals surface area (Å²) in [5, 5.41) is 12.0. The van der Waals surface area contributed by atoms with Crippen molar-refractivity contribution in [3.8, 4) is 6.07 Å². The van der Waals surface area contributed by atoms with Gasteiger partial charge in [0.15, 0.2) is 0 Å². The van der Waals surface area contributed by atoms with Gasteiger partial charge in [-0.05, 0) is 25.5 Å². The highest BCUT2D eigenvalue weighted by molar-refractivity contribution is 9.10. The van der Waals surface area contributed by atoms with Gasteiger partial charge in [0.1, 0.15) is 0 Å². The molecule has 0 bridgehead atoms. The molecule has 0 amide bonds. The SMILES string of the molecule is CC(CC#N)N[C@H](C)c1ccccc1Br. The van der Waals surface area contributed by atoms with Gasteiger partial charge in [-0.15, -0.1) is 0 Å². The maximum Gasteiger partial charge on any atom is 0.0638 e. The van der Waals surface area contributed by atoms with E-state index in [0.29, 0.717) is 6.42 Å². The molecule has 0 aromatic heterocycles. The van der Waals surface area contributed by atoms with Gasteiger partial charge in [0.2, 0.25) is 0 Å². The minimum atomic E-state index is 0.220. The molecule has 0 fully saturated rings. The van der Waals surface area contributed by atoms with Crippen LogP contribution in [0.1, 0.15) is 31.9 Å². The summed E-state index contributed by atoms with van der Waals surface area (Å²) in [6.07, 6.45) is 0.537. The fourth-order valence-electron chi connectivity index (χ4n) is 1.54. The fourth-order valence-corrected chi connectivity index (χ4v) is 2.17. The number of nitrogens with zero attached hydrogens (tertiary/aromatic N) is 1. The third-order valence-corrected chi connectivity index (χ3v) is 3.03. The molecule has 1 aromatic carbocycles. The first-order valence-electron chi connectivity index (χ1n) is 5.02. The molecule has 80 valence electrons. The molecule has 3 heteroatoms. The van der Waals surface area contributed by atoms with Crippen molar-refractivity contribution < 1.29 is 0 Å². The predicted octanol–water partition coefficient (Wildman–Crippen LogP) is 3.40. The van der Waals surface area contributed by atoms with Crippen LogP contribution in [-0.4, -0.2) is 6.04 Å². The Balaban J connectivity index is 2.66. The van der Waals surface area contributed by atoms with Crippen molar-refractivity contribution in [3.63, 3.8) is 0 Å². The highest BCUT2D eigenvalue weighted by Gasteiger charge is 2.11. The molecule has 0 saturated carbocycles. The average Bonchev–Trinajstić information content (AvgIpc) is 2.18. The molecule has 0 radical (unpaired) electrons. The van der Waals surface area contributed by atoms with Crippen LogP contribution in [0.2, 0.25) is 0 Å². The van der Waals surface area contributed by atoms with Crippen LogP contribution in [-0.2, 0) is 0 Å². The van der Waals surface area contributed by atoms with Gasteiger partial charge in [0.05, 0.1) is 12.5 Å². The van der Waals surface area contributed by atoms with Crippen LogP contribution in [0.25, 0.3) is 0 Å². The lowest BCUT2D eigenvalue weighted by Gasteiger charge is -2.19. The monoisotopic (exact) mass is 266 g/mol. The van der Waals surface area contributed by atoms with Crippen molar-refractivity contribution in [2.24, 2.45) is 0 Å². The molecule has 1 N–H and O–H groups in total. The van der Waals surface area contributed by atoms with E-state index in [-0.39, 0.29) is 12.1 Å². The van der Waals surface area contributed by atoms with E-state index < -0.39 is 0 Å². The minimum absolute atomic E-state index is 0.220. The second-order valence-electron chi connectivity index (χ2n) is 3.67. The smallest absolute Gasteiger partial charge is 0.0638 e. The van der Waals surface area contributed by atoms with Crippen molar-refractivity contribution in [1.82, 2.24) is 5.32 Å². The molecule has 0 saturated heterocycles. The number of benzene rings is 1. The fraction of sp³-hybridized carbons (Fsp3) is 0.417. The summed E-state index contributed by atoms with van der Waals surface area (Å²) in [6, 6.07) is 10.8. The zero-order valence-corrected chi connectivity index (χ0v) is 10.6. The second-order valence-corrected chi connectivity index (χ2v) is 4.53. The molecule has 1 aromatic rings. The molecule has 0 heterocycles. The lowest BCUT2D eigenvalue weighted by atomic mass is 10.1. The lowest BCUT2D eigenvalue weighted by Crippen LogP contribution is -2.28. The Morgan fingerprint density at radius 3 is 2.67 bits per heavy atom. The first-order valence-corrected chi connectivity index (χ1v) is 5.82. The number of hydrogen-bond donors (Lipinski definition) is 1. The van der Waals surface area contributed by atoms with Crippen LogP contribution in [0.15, 0.2) is 28.7 Å². The normalized spacial score (nSPS) is 14.3. The Kier molecular flexibility index (Phi) is 4.80. The van der Waals surface area contributed by atoms with Gasteiger partial charge in [-0.1, -0.05) is 34.1 Å². The van der Waals surface area contributed by atoms with Crippen LogP contribution in [0.4, 0.5) is 0 Å². The zero-order valence-electron chi connectivity index (χ0n) is 9.00. The standard InChI is InChI=1S/C12H15BrN2/c1-9(7-8-14)15-10(2)11-5-3-4-6-12(11)13/h3-6,9-10,15H,7H2,1-2H3/t9?,10-/m1/s1. The van der Waals surface area contributed by atoms with Gasteiger partial charge in [-0.2, -0.15) is 5.26 Å². The summed E-state index contributed by atoms with van der Waals surface area (Å²) in [7, 11) is 0. The van der Waals surface area contributed by atoms with Crippen molar-refractivity contribution in [2.45, 2.75) is 32.4 Å². The Morgan fingerprint density at radius 1 is 1.40 bits per heavy atom. The van der Waals surface area contributed by atoms with E-state index >= 15 is 0 Å². The van der Waals surface area contributed by atoms with Crippen LogP contribution >= 0.6 is 15.9 Å². The summed E-state index contributed by atoms with van der Waals surface area (Å²) in [5.74, 6) is 0. The highest BCUT2D eigenvalue weighted by Crippen LogP contribution is 2.23. The highest BCUT2D eigenvalue weighted by atomic mass is 79.9. The Morgan fingerprint density at radius 2 is 2.07 bits per heavy atom. The number of halogens is 1. The second kappa shape index (κ2) is 5.89. The molecule has 1 rings (SSSR count). The average molecular weight is 267 g/mol. The van der Waals surface area contributed by atoms with Crippen LogP contribution < -0.4 is 5.32 Å². The van der Waals surface area contributed by atoms with Gasteiger partial charge in [0.25, 0.3) is 0 Å². The van der Waals surface area contributed by atoms with E-state index in [1.807, 2.05) is 25.1 Å². The summed E-state index contributed by atoms with van der Waals surface area (Å²) in [6.45, 7) is 4.13. The molecule has 1 unspecified atom stereocenters. The van der Waals surface area contributed by atoms with Gasteiger partial charge in [0, 0.05) is 16.6 Å². The number of nitrogens with one attached hydrogen (secondary N) is 1.